The van der Waals surface area contributed by atoms with Crippen LogP contribution < -0.4 is 4.90 Å². The SMILES string of the molecule is COC(=O)c1cc(N2CCN(C(=O)OCC3c4ccccc4-c4ccccc43)CC2)cc(I)c1C. The van der Waals surface area contributed by atoms with Crippen LogP contribution in [0.25, 0.3) is 11.1 Å². The van der Waals surface area contributed by atoms with Crippen LogP contribution >= 0.6 is 22.6 Å². The number of esters is 1. The van der Waals surface area contributed by atoms with Crippen molar-refractivity contribution < 1.29 is 19.1 Å². The van der Waals surface area contributed by atoms with Crippen molar-refractivity contribution in [3.8, 4) is 11.1 Å². The van der Waals surface area contributed by atoms with Gasteiger partial charge in [-0.3, -0.25) is 0 Å². The van der Waals surface area contributed by atoms with Crippen molar-refractivity contribution in [1.82, 2.24) is 4.90 Å². The number of halogens is 1. The van der Waals surface area contributed by atoms with E-state index < -0.39 is 0 Å². The summed E-state index contributed by atoms with van der Waals surface area (Å²) in [5.74, 6) is -0.279. The van der Waals surface area contributed by atoms with Gasteiger partial charge < -0.3 is 19.3 Å². The van der Waals surface area contributed by atoms with Crippen LogP contribution in [-0.4, -0.2) is 56.9 Å². The molecule has 2 aliphatic rings. The maximum Gasteiger partial charge on any atom is 0.409 e. The number of hydrogen-bond acceptors (Lipinski definition) is 5. The van der Waals surface area contributed by atoms with Gasteiger partial charge in [0.05, 0.1) is 12.7 Å². The third-order valence-electron chi connectivity index (χ3n) is 6.97. The summed E-state index contributed by atoms with van der Waals surface area (Å²) >= 11 is 2.25. The highest BCUT2D eigenvalue weighted by atomic mass is 127. The monoisotopic (exact) mass is 582 g/mol. The van der Waals surface area contributed by atoms with Crippen LogP contribution in [0.4, 0.5) is 10.5 Å². The number of nitrogens with zero attached hydrogens (tertiary/aromatic N) is 2. The first-order valence-corrected chi connectivity index (χ1v) is 12.8. The van der Waals surface area contributed by atoms with Crippen LogP contribution in [0.3, 0.4) is 0 Å². The van der Waals surface area contributed by atoms with Gasteiger partial charge in [-0.25, -0.2) is 9.59 Å². The van der Waals surface area contributed by atoms with Gasteiger partial charge in [0.15, 0.2) is 0 Å². The summed E-state index contributed by atoms with van der Waals surface area (Å²) in [4.78, 5) is 29.1. The fourth-order valence-corrected chi connectivity index (χ4v) is 5.61. The lowest BCUT2D eigenvalue weighted by Gasteiger charge is -2.36. The largest absolute Gasteiger partial charge is 0.465 e. The summed E-state index contributed by atoms with van der Waals surface area (Å²) in [6.07, 6.45) is -0.278. The van der Waals surface area contributed by atoms with E-state index in [0.29, 0.717) is 38.3 Å². The topological polar surface area (TPSA) is 59.1 Å². The van der Waals surface area contributed by atoms with E-state index in [-0.39, 0.29) is 18.0 Å². The smallest absolute Gasteiger partial charge is 0.409 e. The normalized spacial score (nSPS) is 14.9. The average molecular weight is 582 g/mol. The Hall–Kier alpha value is -3.07. The van der Waals surface area contributed by atoms with E-state index in [4.69, 9.17) is 9.47 Å². The van der Waals surface area contributed by atoms with Crippen molar-refractivity contribution in [3.05, 3.63) is 86.5 Å². The molecular weight excluding hydrogens is 555 g/mol. The van der Waals surface area contributed by atoms with Crippen molar-refractivity contribution in [2.75, 3.05) is 44.8 Å². The molecule has 0 spiro atoms. The van der Waals surface area contributed by atoms with Crippen molar-refractivity contribution in [2.24, 2.45) is 0 Å². The number of amides is 1. The molecule has 0 bridgehead atoms. The van der Waals surface area contributed by atoms with Crippen LogP contribution in [0.15, 0.2) is 60.7 Å². The van der Waals surface area contributed by atoms with Crippen molar-refractivity contribution >= 4 is 40.3 Å². The zero-order valence-corrected chi connectivity index (χ0v) is 21.9. The fraction of sp³-hybridized carbons (Fsp3) is 0.286. The first kappa shape index (κ1) is 23.7. The molecule has 180 valence electrons. The van der Waals surface area contributed by atoms with Crippen molar-refractivity contribution in [1.29, 1.82) is 0 Å². The molecule has 0 radical (unpaired) electrons. The van der Waals surface area contributed by atoms with Crippen LogP contribution in [0.5, 0.6) is 0 Å². The number of benzene rings is 3. The Morgan fingerprint density at radius 3 is 2.14 bits per heavy atom. The molecule has 1 saturated heterocycles. The molecule has 3 aromatic rings. The molecule has 1 heterocycles. The minimum absolute atomic E-state index is 0.0546. The molecule has 1 aliphatic carbocycles. The highest BCUT2D eigenvalue weighted by molar-refractivity contribution is 14.1. The summed E-state index contributed by atoms with van der Waals surface area (Å²) < 4.78 is 11.8. The number of ether oxygens (including phenoxy) is 2. The number of piperazine rings is 1. The van der Waals surface area contributed by atoms with Crippen LogP contribution in [-0.2, 0) is 9.47 Å². The lowest BCUT2D eigenvalue weighted by molar-refractivity contribution is 0.0599. The van der Waals surface area contributed by atoms with E-state index in [1.807, 2.05) is 37.3 Å². The first-order chi connectivity index (χ1) is 17.0. The molecule has 1 fully saturated rings. The molecule has 1 amide bonds. The van der Waals surface area contributed by atoms with E-state index in [9.17, 15) is 9.59 Å². The number of carbonyl (C=O) groups excluding carboxylic acids is 2. The fourth-order valence-electron chi connectivity index (χ4n) is 5.00. The van der Waals surface area contributed by atoms with Gasteiger partial charge in [-0.05, 0) is 69.5 Å². The van der Waals surface area contributed by atoms with E-state index in [1.165, 1.54) is 29.4 Å². The third kappa shape index (κ3) is 4.49. The highest BCUT2D eigenvalue weighted by Crippen LogP contribution is 2.44. The number of rotatable bonds is 4. The molecule has 0 atom stereocenters. The predicted molar refractivity (Wildman–Crippen MR) is 144 cm³/mol. The van der Waals surface area contributed by atoms with Crippen molar-refractivity contribution in [3.63, 3.8) is 0 Å². The summed E-state index contributed by atoms with van der Waals surface area (Å²) in [7, 11) is 1.40. The Balaban J connectivity index is 1.23. The molecule has 6 nitrogen and oxygen atoms in total. The van der Waals surface area contributed by atoms with Crippen LogP contribution in [0.1, 0.15) is 33.0 Å². The molecular formula is C28H27IN2O4. The highest BCUT2D eigenvalue weighted by Gasteiger charge is 2.30. The molecule has 7 heteroatoms. The van der Waals surface area contributed by atoms with Gasteiger partial charge in [-0.15, -0.1) is 0 Å². The summed E-state index contributed by atoms with van der Waals surface area (Å²) in [6, 6.07) is 20.6. The number of hydrogen-bond donors (Lipinski definition) is 0. The van der Waals surface area contributed by atoms with Crippen LogP contribution in [0, 0.1) is 10.5 Å². The molecule has 5 rings (SSSR count). The zero-order chi connectivity index (χ0) is 24.5. The van der Waals surface area contributed by atoms with E-state index in [1.54, 1.807) is 4.90 Å². The Bertz CT molecular complexity index is 1240. The van der Waals surface area contributed by atoms with Crippen LogP contribution in [0.2, 0.25) is 0 Å². The summed E-state index contributed by atoms with van der Waals surface area (Å²) in [5.41, 5.74) is 7.32. The number of methoxy groups -OCH3 is 1. The molecule has 0 N–H and O–H groups in total. The number of fused-ring (bicyclic) bond motifs is 3. The molecule has 0 unspecified atom stereocenters. The van der Waals surface area contributed by atoms with Gasteiger partial charge in [-0.1, -0.05) is 48.5 Å². The lowest BCUT2D eigenvalue weighted by atomic mass is 9.98. The molecule has 35 heavy (non-hydrogen) atoms. The van der Waals surface area contributed by atoms with E-state index in [2.05, 4.69) is 57.8 Å². The Kier molecular flexibility index (Phi) is 6.69. The standard InChI is InChI=1S/C28H27IN2O4/c1-18-24(27(32)34-2)15-19(16-26(18)29)30-11-13-31(14-12-30)28(33)35-17-25-22-9-5-3-7-20(22)21-8-4-6-10-23(21)25/h3-10,15-16,25H,11-14,17H2,1-2H3. The number of carbonyl (C=O) groups is 2. The molecule has 0 aromatic heterocycles. The molecule has 3 aromatic carbocycles. The van der Waals surface area contributed by atoms with Gasteiger partial charge in [0.2, 0.25) is 0 Å². The van der Waals surface area contributed by atoms with Gasteiger partial charge in [0.1, 0.15) is 6.61 Å². The predicted octanol–water partition coefficient (Wildman–Crippen LogP) is 5.46. The maximum absolute atomic E-state index is 12.9. The van der Waals surface area contributed by atoms with Gasteiger partial charge in [0.25, 0.3) is 0 Å². The molecule has 1 aliphatic heterocycles. The second-order valence-corrected chi connectivity index (χ2v) is 10.0. The molecule has 0 saturated carbocycles. The quantitative estimate of drug-likeness (QED) is 0.302. The average Bonchev–Trinajstić information content (AvgIpc) is 3.22. The maximum atomic E-state index is 12.9. The minimum Gasteiger partial charge on any atom is -0.465 e. The third-order valence-corrected chi connectivity index (χ3v) is 8.09. The Labute approximate surface area is 219 Å². The van der Waals surface area contributed by atoms with Crippen molar-refractivity contribution in [2.45, 2.75) is 12.8 Å². The lowest BCUT2D eigenvalue weighted by Crippen LogP contribution is -2.49. The van der Waals surface area contributed by atoms with E-state index in [0.717, 1.165) is 14.8 Å². The van der Waals surface area contributed by atoms with Gasteiger partial charge in [-0.2, -0.15) is 0 Å². The first-order valence-electron chi connectivity index (χ1n) is 11.7. The van der Waals surface area contributed by atoms with E-state index >= 15 is 0 Å². The van der Waals surface area contributed by atoms with Gasteiger partial charge >= 0.3 is 12.1 Å². The second kappa shape index (κ2) is 9.89. The zero-order valence-electron chi connectivity index (χ0n) is 19.8. The second-order valence-electron chi connectivity index (χ2n) is 8.87. The summed E-state index contributed by atoms with van der Waals surface area (Å²) in [5, 5.41) is 0. The minimum atomic E-state index is -0.334. The summed E-state index contributed by atoms with van der Waals surface area (Å²) in [6.45, 7) is 4.72. The van der Waals surface area contributed by atoms with Gasteiger partial charge in [0, 0.05) is 41.4 Å². The Morgan fingerprint density at radius 2 is 1.54 bits per heavy atom. The number of anilines is 1. The Morgan fingerprint density at radius 1 is 0.943 bits per heavy atom.